The van der Waals surface area contributed by atoms with Crippen LogP contribution in [0.2, 0.25) is 0 Å². The number of benzene rings is 1. The first-order valence-corrected chi connectivity index (χ1v) is 6.35. The molecule has 1 unspecified atom stereocenters. The van der Waals surface area contributed by atoms with Crippen molar-refractivity contribution in [3.8, 4) is 0 Å². The van der Waals surface area contributed by atoms with Gasteiger partial charge in [-0.25, -0.2) is 9.82 Å². The predicted molar refractivity (Wildman–Crippen MR) is 69.7 cm³/mol. The maximum Gasteiger partial charge on any atom is 0.140 e. The molecule has 0 amide bonds. The van der Waals surface area contributed by atoms with Crippen LogP contribution in [0.25, 0.3) is 0 Å². The first-order valence-electron chi connectivity index (χ1n) is 4.77. The van der Waals surface area contributed by atoms with Crippen molar-refractivity contribution >= 4 is 31.9 Å². The molecule has 3 N–H and O–H groups in total. The van der Waals surface area contributed by atoms with Crippen molar-refractivity contribution in [2.45, 2.75) is 6.04 Å². The number of rotatable bonds is 3. The number of furan rings is 1. The summed E-state index contributed by atoms with van der Waals surface area (Å²) in [5.74, 6) is 5.76. The third kappa shape index (κ3) is 2.77. The van der Waals surface area contributed by atoms with E-state index in [2.05, 4.69) is 37.3 Å². The van der Waals surface area contributed by atoms with E-state index < -0.39 is 6.04 Å². The van der Waals surface area contributed by atoms with Crippen molar-refractivity contribution < 1.29 is 8.81 Å². The van der Waals surface area contributed by atoms with Crippen LogP contribution in [0.15, 0.2) is 43.9 Å². The number of nitrogens with one attached hydrogen (secondary N) is 1. The molecule has 1 aromatic heterocycles. The average molecular weight is 364 g/mol. The Balaban J connectivity index is 2.45. The zero-order valence-corrected chi connectivity index (χ0v) is 11.8. The van der Waals surface area contributed by atoms with E-state index in [4.69, 9.17) is 10.3 Å². The molecule has 17 heavy (non-hydrogen) atoms. The summed E-state index contributed by atoms with van der Waals surface area (Å²) in [5.41, 5.74) is 3.28. The molecule has 3 nitrogen and oxygen atoms in total. The van der Waals surface area contributed by atoms with Crippen LogP contribution < -0.4 is 11.3 Å². The van der Waals surface area contributed by atoms with Crippen LogP contribution in [0.3, 0.4) is 0 Å². The van der Waals surface area contributed by atoms with Crippen molar-refractivity contribution in [2.24, 2.45) is 5.84 Å². The second-order valence-electron chi connectivity index (χ2n) is 3.44. The van der Waals surface area contributed by atoms with Gasteiger partial charge < -0.3 is 4.42 Å². The van der Waals surface area contributed by atoms with Crippen molar-refractivity contribution in [2.75, 3.05) is 0 Å². The molecule has 1 heterocycles. The third-order valence-electron chi connectivity index (χ3n) is 2.29. The number of hydrogen-bond acceptors (Lipinski definition) is 3. The van der Waals surface area contributed by atoms with Gasteiger partial charge in [0.15, 0.2) is 0 Å². The van der Waals surface area contributed by atoms with Gasteiger partial charge in [0, 0.05) is 4.47 Å². The van der Waals surface area contributed by atoms with Crippen molar-refractivity contribution in [3.05, 3.63) is 56.6 Å². The number of halogens is 3. The summed E-state index contributed by atoms with van der Waals surface area (Å²) in [6, 6.07) is 5.92. The fourth-order valence-electron chi connectivity index (χ4n) is 1.58. The van der Waals surface area contributed by atoms with E-state index in [1.54, 1.807) is 12.1 Å². The Kier molecular flexibility index (Phi) is 3.98. The van der Waals surface area contributed by atoms with E-state index >= 15 is 0 Å². The first kappa shape index (κ1) is 12.8. The molecule has 0 spiro atoms. The lowest BCUT2D eigenvalue weighted by Gasteiger charge is -2.15. The lowest BCUT2D eigenvalue weighted by Crippen LogP contribution is -2.28. The van der Waals surface area contributed by atoms with E-state index in [0.717, 1.165) is 4.47 Å². The summed E-state index contributed by atoms with van der Waals surface area (Å²) < 4.78 is 20.1. The maximum atomic E-state index is 13.3. The molecule has 0 radical (unpaired) electrons. The van der Waals surface area contributed by atoms with Gasteiger partial charge >= 0.3 is 0 Å². The van der Waals surface area contributed by atoms with Crippen molar-refractivity contribution in [1.29, 1.82) is 0 Å². The second-order valence-corrected chi connectivity index (χ2v) is 5.21. The van der Waals surface area contributed by atoms with E-state index in [9.17, 15) is 4.39 Å². The Bertz CT molecular complexity index is 510. The SMILES string of the molecule is NNC(c1cc(F)cc(Br)c1)c1occc1Br. The van der Waals surface area contributed by atoms with Gasteiger partial charge in [-0.3, -0.25) is 5.84 Å². The van der Waals surface area contributed by atoms with E-state index in [1.165, 1.54) is 18.4 Å². The fraction of sp³-hybridized carbons (Fsp3) is 0.0909. The molecular weight excluding hydrogens is 355 g/mol. The molecule has 2 rings (SSSR count). The number of nitrogens with two attached hydrogens (primary N) is 1. The smallest absolute Gasteiger partial charge is 0.140 e. The molecule has 6 heteroatoms. The van der Waals surface area contributed by atoms with Gasteiger partial charge in [0.1, 0.15) is 17.6 Å². The summed E-state index contributed by atoms with van der Waals surface area (Å²) in [5, 5.41) is 0. The summed E-state index contributed by atoms with van der Waals surface area (Å²) in [7, 11) is 0. The lowest BCUT2D eigenvalue weighted by atomic mass is 10.1. The molecule has 2 aromatic rings. The van der Waals surface area contributed by atoms with Crippen LogP contribution in [-0.2, 0) is 0 Å². The van der Waals surface area contributed by atoms with Crippen molar-refractivity contribution in [1.82, 2.24) is 5.43 Å². The van der Waals surface area contributed by atoms with Gasteiger partial charge in [-0.2, -0.15) is 0 Å². The third-order valence-corrected chi connectivity index (χ3v) is 3.40. The highest BCUT2D eigenvalue weighted by Gasteiger charge is 2.19. The molecular formula is C11H9Br2FN2O. The molecule has 0 saturated heterocycles. The Morgan fingerprint density at radius 2 is 2.06 bits per heavy atom. The minimum atomic E-state index is -0.411. The number of hydrogen-bond donors (Lipinski definition) is 2. The second kappa shape index (κ2) is 5.30. The summed E-state index contributed by atoms with van der Waals surface area (Å²) in [6.45, 7) is 0. The molecule has 0 saturated carbocycles. The van der Waals surface area contributed by atoms with Crippen LogP contribution in [0, 0.1) is 5.82 Å². The highest BCUT2D eigenvalue weighted by atomic mass is 79.9. The van der Waals surface area contributed by atoms with Crippen LogP contribution >= 0.6 is 31.9 Å². The average Bonchev–Trinajstić information content (AvgIpc) is 2.65. The molecule has 0 bridgehead atoms. The normalized spacial score (nSPS) is 12.7. The molecule has 90 valence electrons. The van der Waals surface area contributed by atoms with Crippen molar-refractivity contribution in [3.63, 3.8) is 0 Å². The molecule has 1 aromatic carbocycles. The predicted octanol–water partition coefficient (Wildman–Crippen LogP) is 3.50. The van der Waals surface area contributed by atoms with E-state index in [0.29, 0.717) is 15.8 Å². The van der Waals surface area contributed by atoms with Gasteiger partial charge in [0.05, 0.1) is 10.7 Å². The Morgan fingerprint density at radius 3 is 2.59 bits per heavy atom. The molecule has 0 aliphatic carbocycles. The summed E-state index contributed by atoms with van der Waals surface area (Å²) in [6.07, 6.45) is 1.54. The minimum Gasteiger partial charge on any atom is -0.466 e. The molecule has 1 atom stereocenters. The van der Waals surface area contributed by atoms with Crippen LogP contribution in [0.5, 0.6) is 0 Å². The fourth-order valence-corrected chi connectivity index (χ4v) is 2.49. The van der Waals surface area contributed by atoms with Gasteiger partial charge in [0.25, 0.3) is 0 Å². The zero-order valence-electron chi connectivity index (χ0n) is 8.58. The van der Waals surface area contributed by atoms with E-state index in [-0.39, 0.29) is 5.82 Å². The van der Waals surface area contributed by atoms with Crippen LogP contribution in [0.4, 0.5) is 4.39 Å². The monoisotopic (exact) mass is 362 g/mol. The zero-order chi connectivity index (χ0) is 12.4. The Morgan fingerprint density at radius 1 is 1.29 bits per heavy atom. The Hall–Kier alpha value is -0.690. The van der Waals surface area contributed by atoms with Gasteiger partial charge in [-0.15, -0.1) is 0 Å². The largest absolute Gasteiger partial charge is 0.466 e. The van der Waals surface area contributed by atoms with Gasteiger partial charge in [-0.05, 0) is 45.8 Å². The molecule has 0 aliphatic rings. The summed E-state index contributed by atoms with van der Waals surface area (Å²) in [4.78, 5) is 0. The minimum absolute atomic E-state index is 0.336. The Labute approximate surface area is 114 Å². The quantitative estimate of drug-likeness (QED) is 0.648. The lowest BCUT2D eigenvalue weighted by molar-refractivity contribution is 0.448. The van der Waals surface area contributed by atoms with Gasteiger partial charge in [0.2, 0.25) is 0 Å². The summed E-state index contributed by atoms with van der Waals surface area (Å²) >= 11 is 6.59. The topological polar surface area (TPSA) is 51.2 Å². The maximum absolute atomic E-state index is 13.3. The number of hydrazine groups is 1. The van der Waals surface area contributed by atoms with E-state index in [1.807, 2.05) is 0 Å². The molecule has 0 fully saturated rings. The highest BCUT2D eigenvalue weighted by Crippen LogP contribution is 2.30. The molecule has 0 aliphatic heterocycles. The highest BCUT2D eigenvalue weighted by molar-refractivity contribution is 9.10. The van der Waals surface area contributed by atoms with Crippen LogP contribution in [0.1, 0.15) is 17.4 Å². The van der Waals surface area contributed by atoms with Crippen LogP contribution in [-0.4, -0.2) is 0 Å². The first-order chi connectivity index (χ1) is 8.11. The van der Waals surface area contributed by atoms with Gasteiger partial charge in [-0.1, -0.05) is 15.9 Å². The standard InChI is InChI=1S/C11H9Br2FN2O/c12-7-3-6(4-8(14)5-7)10(16-15)11-9(13)1-2-17-11/h1-5,10,16H,15H2.